The zero-order chi connectivity index (χ0) is 11.3. The van der Waals surface area contributed by atoms with Crippen LogP contribution in [0, 0.1) is 15.5 Å². The first-order valence-corrected chi connectivity index (χ1v) is 4.71. The van der Waals surface area contributed by atoms with Crippen LogP contribution < -0.4 is 5.32 Å². The van der Waals surface area contributed by atoms with Gasteiger partial charge in [-0.05, 0) is 12.5 Å². The van der Waals surface area contributed by atoms with Gasteiger partial charge in [0.1, 0.15) is 0 Å². The van der Waals surface area contributed by atoms with E-state index in [4.69, 9.17) is 5.41 Å². The van der Waals surface area contributed by atoms with Crippen molar-refractivity contribution in [2.45, 2.75) is 13.3 Å². The van der Waals surface area contributed by atoms with Crippen LogP contribution in [0.25, 0.3) is 0 Å². The smallest absolute Gasteiger partial charge is 0.271 e. The Morgan fingerprint density at radius 2 is 2.33 bits per heavy atom. The van der Waals surface area contributed by atoms with Crippen LogP contribution in [0.3, 0.4) is 0 Å². The molecule has 0 unspecified atom stereocenters. The van der Waals surface area contributed by atoms with E-state index in [0.29, 0.717) is 5.57 Å². The van der Waals surface area contributed by atoms with Crippen molar-refractivity contribution in [1.82, 2.24) is 5.32 Å². The maximum Gasteiger partial charge on any atom is 0.271 e. The Labute approximate surface area is 87.8 Å². The van der Waals surface area contributed by atoms with E-state index >= 15 is 0 Å². The number of hydrogen-bond donors (Lipinski definition) is 2. The lowest BCUT2D eigenvalue weighted by molar-refractivity contribution is -0.418. The minimum absolute atomic E-state index is 0.0485. The second-order valence-corrected chi connectivity index (χ2v) is 3.13. The summed E-state index contributed by atoms with van der Waals surface area (Å²) in [5.41, 5.74) is 0.773. The highest BCUT2D eigenvalue weighted by Crippen LogP contribution is 2.12. The van der Waals surface area contributed by atoms with Crippen molar-refractivity contribution < 1.29 is 4.92 Å². The van der Waals surface area contributed by atoms with Crippen molar-refractivity contribution in [2.75, 3.05) is 6.54 Å². The SMILES string of the molecule is CCCN/C=C1/C=CC([N+](=O)[O-])=CC1=N. The van der Waals surface area contributed by atoms with Crippen LogP contribution in [-0.2, 0) is 0 Å². The highest BCUT2D eigenvalue weighted by molar-refractivity contribution is 6.09. The molecule has 0 aromatic rings. The van der Waals surface area contributed by atoms with Crippen LogP contribution in [0.2, 0.25) is 0 Å². The van der Waals surface area contributed by atoms with Gasteiger partial charge in [-0.2, -0.15) is 0 Å². The highest BCUT2D eigenvalue weighted by Gasteiger charge is 2.14. The van der Waals surface area contributed by atoms with E-state index in [9.17, 15) is 10.1 Å². The molecule has 0 bridgehead atoms. The molecule has 5 nitrogen and oxygen atoms in total. The fourth-order valence-corrected chi connectivity index (χ4v) is 1.11. The number of allylic oxidation sites excluding steroid dienone is 4. The van der Waals surface area contributed by atoms with Crippen LogP contribution in [0.4, 0.5) is 0 Å². The van der Waals surface area contributed by atoms with Crippen molar-refractivity contribution in [1.29, 1.82) is 5.41 Å². The molecule has 1 aliphatic carbocycles. The summed E-state index contributed by atoms with van der Waals surface area (Å²) < 4.78 is 0. The molecule has 0 heterocycles. The normalized spacial score (nSPS) is 17.8. The molecule has 0 radical (unpaired) electrons. The topological polar surface area (TPSA) is 79.0 Å². The maximum atomic E-state index is 10.4. The summed E-state index contributed by atoms with van der Waals surface area (Å²) in [4.78, 5) is 9.92. The van der Waals surface area contributed by atoms with Gasteiger partial charge in [-0.25, -0.2) is 0 Å². The largest absolute Gasteiger partial charge is 0.390 e. The van der Waals surface area contributed by atoms with Gasteiger partial charge in [0.25, 0.3) is 5.70 Å². The molecule has 0 amide bonds. The lowest BCUT2D eigenvalue weighted by atomic mass is 10.1. The molecule has 0 atom stereocenters. The monoisotopic (exact) mass is 207 g/mol. The predicted molar refractivity (Wildman–Crippen MR) is 58.3 cm³/mol. The second kappa shape index (κ2) is 5.09. The van der Waals surface area contributed by atoms with E-state index in [-0.39, 0.29) is 11.4 Å². The number of nitrogens with zero attached hydrogens (tertiary/aromatic N) is 1. The number of hydrogen-bond acceptors (Lipinski definition) is 4. The van der Waals surface area contributed by atoms with Gasteiger partial charge in [0.15, 0.2) is 0 Å². The van der Waals surface area contributed by atoms with Crippen molar-refractivity contribution in [3.05, 3.63) is 45.8 Å². The molecule has 0 aromatic carbocycles. The summed E-state index contributed by atoms with van der Waals surface area (Å²) >= 11 is 0. The molecule has 5 heteroatoms. The van der Waals surface area contributed by atoms with E-state index in [0.717, 1.165) is 13.0 Å². The van der Waals surface area contributed by atoms with Gasteiger partial charge < -0.3 is 5.32 Å². The molecule has 2 N–H and O–H groups in total. The Bertz CT molecular complexity index is 367. The molecule has 0 saturated heterocycles. The lowest BCUT2D eigenvalue weighted by Crippen LogP contribution is -2.12. The van der Waals surface area contributed by atoms with Crippen molar-refractivity contribution >= 4 is 5.71 Å². The summed E-state index contributed by atoms with van der Waals surface area (Å²) in [5.74, 6) is 0. The predicted octanol–water partition coefficient (Wildman–Crippen LogP) is 1.62. The quantitative estimate of drug-likeness (QED) is 0.417. The number of rotatable bonds is 4. The minimum Gasteiger partial charge on any atom is -0.390 e. The first kappa shape index (κ1) is 11.2. The Hall–Kier alpha value is -1.91. The fraction of sp³-hybridized carbons (Fsp3) is 0.300. The molecule has 0 fully saturated rings. The average Bonchev–Trinajstić information content (AvgIpc) is 2.20. The molecule has 1 rings (SSSR count). The third-order valence-corrected chi connectivity index (χ3v) is 1.90. The molecule has 0 aromatic heterocycles. The molecule has 0 saturated carbocycles. The van der Waals surface area contributed by atoms with Gasteiger partial charge in [-0.1, -0.05) is 6.92 Å². The average molecular weight is 207 g/mol. The van der Waals surface area contributed by atoms with Gasteiger partial charge in [0.05, 0.1) is 10.6 Å². The Morgan fingerprint density at radius 3 is 2.87 bits per heavy atom. The third-order valence-electron chi connectivity index (χ3n) is 1.90. The van der Waals surface area contributed by atoms with E-state index in [1.54, 1.807) is 12.3 Å². The van der Waals surface area contributed by atoms with Crippen molar-refractivity contribution in [3.63, 3.8) is 0 Å². The van der Waals surface area contributed by atoms with Crippen LogP contribution >= 0.6 is 0 Å². The van der Waals surface area contributed by atoms with E-state index < -0.39 is 4.92 Å². The number of nitro groups is 1. The van der Waals surface area contributed by atoms with Gasteiger partial charge in [-0.15, -0.1) is 0 Å². The zero-order valence-corrected chi connectivity index (χ0v) is 8.49. The van der Waals surface area contributed by atoms with E-state index in [1.807, 2.05) is 6.92 Å². The molecule has 0 spiro atoms. The molecule has 1 aliphatic rings. The van der Waals surface area contributed by atoms with Crippen LogP contribution in [-0.4, -0.2) is 17.2 Å². The first-order valence-electron chi connectivity index (χ1n) is 4.71. The molecule has 0 aliphatic heterocycles. The van der Waals surface area contributed by atoms with Gasteiger partial charge in [0.2, 0.25) is 0 Å². The molecular weight excluding hydrogens is 194 g/mol. The molecular formula is C10H13N3O2. The third kappa shape index (κ3) is 3.05. The van der Waals surface area contributed by atoms with E-state index in [2.05, 4.69) is 5.32 Å². The highest BCUT2D eigenvalue weighted by atomic mass is 16.6. The lowest BCUT2D eigenvalue weighted by Gasteiger charge is -2.06. The molecule has 15 heavy (non-hydrogen) atoms. The summed E-state index contributed by atoms with van der Waals surface area (Å²) in [6.07, 6.45) is 6.92. The summed E-state index contributed by atoms with van der Waals surface area (Å²) in [5, 5.41) is 21.0. The summed E-state index contributed by atoms with van der Waals surface area (Å²) in [6.45, 7) is 2.87. The summed E-state index contributed by atoms with van der Waals surface area (Å²) in [6, 6.07) is 0. The molecule has 80 valence electrons. The maximum absolute atomic E-state index is 10.4. The Morgan fingerprint density at radius 1 is 1.60 bits per heavy atom. The van der Waals surface area contributed by atoms with Crippen molar-refractivity contribution in [2.24, 2.45) is 0 Å². The zero-order valence-electron chi connectivity index (χ0n) is 8.49. The Kier molecular flexibility index (Phi) is 3.79. The van der Waals surface area contributed by atoms with Gasteiger partial charge >= 0.3 is 0 Å². The van der Waals surface area contributed by atoms with Crippen molar-refractivity contribution in [3.8, 4) is 0 Å². The second-order valence-electron chi connectivity index (χ2n) is 3.13. The van der Waals surface area contributed by atoms with Crippen LogP contribution in [0.15, 0.2) is 35.7 Å². The van der Waals surface area contributed by atoms with Crippen LogP contribution in [0.5, 0.6) is 0 Å². The van der Waals surface area contributed by atoms with Gasteiger partial charge in [0, 0.05) is 30.5 Å². The fourth-order valence-electron chi connectivity index (χ4n) is 1.11. The van der Waals surface area contributed by atoms with E-state index in [1.165, 1.54) is 12.2 Å². The van der Waals surface area contributed by atoms with Gasteiger partial charge in [-0.3, -0.25) is 15.5 Å². The summed E-state index contributed by atoms with van der Waals surface area (Å²) in [7, 11) is 0. The van der Waals surface area contributed by atoms with Crippen LogP contribution in [0.1, 0.15) is 13.3 Å². The number of nitrogens with one attached hydrogen (secondary N) is 2. The first-order chi connectivity index (χ1) is 7.15. The minimum atomic E-state index is -0.499. The standard InChI is InChI=1S/C10H13N3O2/c1-2-5-12-7-8-3-4-9(13(14)15)6-10(8)11/h3-4,6-7,11-12H,2,5H2,1H3/b8-7-,11-10?. The Balaban J connectivity index is 2.70.